The average Bonchev–Trinajstić information content (AvgIpc) is 2.81. The maximum absolute atomic E-state index is 13.5. The highest BCUT2D eigenvalue weighted by Crippen LogP contribution is 2.25. The van der Waals surface area contributed by atoms with E-state index in [-0.39, 0.29) is 24.8 Å². The Morgan fingerprint density at radius 2 is 1.70 bits per heavy atom. The lowest BCUT2D eigenvalue weighted by Gasteiger charge is -2.31. The van der Waals surface area contributed by atoms with E-state index in [1.165, 1.54) is 10.6 Å². The molecule has 0 heterocycles. The van der Waals surface area contributed by atoms with E-state index in [1.54, 1.807) is 11.0 Å². The molecule has 204 valence electrons. The molecule has 0 saturated carbocycles. The van der Waals surface area contributed by atoms with E-state index in [2.05, 4.69) is 5.32 Å². The topological polar surface area (TPSA) is 86.8 Å². The van der Waals surface area contributed by atoms with Gasteiger partial charge in [-0.25, -0.2) is 8.42 Å². The Morgan fingerprint density at radius 1 is 1.03 bits per heavy atom. The number of sulfonamides is 1. The summed E-state index contributed by atoms with van der Waals surface area (Å²) in [5.74, 6) is -0.0257. The van der Waals surface area contributed by atoms with Crippen LogP contribution in [0.4, 0.5) is 5.69 Å². The number of amides is 2. The van der Waals surface area contributed by atoms with Gasteiger partial charge in [-0.05, 0) is 62.3 Å². The van der Waals surface area contributed by atoms with Gasteiger partial charge in [0.05, 0.1) is 11.9 Å². The van der Waals surface area contributed by atoms with Crippen molar-refractivity contribution in [1.29, 1.82) is 0 Å². The summed E-state index contributed by atoms with van der Waals surface area (Å²) in [5.41, 5.74) is 4.57. The zero-order valence-corrected chi connectivity index (χ0v) is 24.2. The number of nitrogens with zero attached hydrogens (tertiary/aromatic N) is 2. The normalized spacial score (nSPS) is 12.3. The van der Waals surface area contributed by atoms with Crippen LogP contribution in [0.25, 0.3) is 0 Å². The van der Waals surface area contributed by atoms with Crippen LogP contribution in [-0.2, 0) is 26.2 Å². The molecule has 2 aromatic carbocycles. The predicted octanol–water partition coefficient (Wildman–Crippen LogP) is 4.74. The zero-order chi connectivity index (χ0) is 27.8. The Bertz CT molecular complexity index is 1180. The molecule has 0 aliphatic carbocycles. The van der Waals surface area contributed by atoms with Crippen molar-refractivity contribution in [3.05, 3.63) is 64.7 Å². The molecule has 1 N–H and O–H groups in total. The van der Waals surface area contributed by atoms with E-state index in [9.17, 15) is 18.0 Å². The number of carbonyl (C=O) groups excluding carboxylic acids is 2. The molecule has 2 rings (SSSR count). The maximum atomic E-state index is 13.5. The van der Waals surface area contributed by atoms with Crippen LogP contribution in [0.5, 0.6) is 0 Å². The highest BCUT2D eigenvalue weighted by Gasteiger charge is 2.29. The monoisotopic (exact) mass is 529 g/mol. The van der Waals surface area contributed by atoms with Crippen LogP contribution in [0.2, 0.25) is 0 Å². The third kappa shape index (κ3) is 8.88. The van der Waals surface area contributed by atoms with Crippen molar-refractivity contribution in [2.75, 3.05) is 23.7 Å². The summed E-state index contributed by atoms with van der Waals surface area (Å²) in [4.78, 5) is 28.2. The number of aryl methyl sites for hydroxylation is 2. The molecule has 2 amide bonds. The van der Waals surface area contributed by atoms with Crippen LogP contribution in [-0.4, -0.2) is 50.5 Å². The van der Waals surface area contributed by atoms with Crippen LogP contribution in [0.3, 0.4) is 0 Å². The average molecular weight is 530 g/mol. The van der Waals surface area contributed by atoms with Crippen molar-refractivity contribution < 1.29 is 18.0 Å². The third-order valence-corrected chi connectivity index (χ3v) is 7.68. The van der Waals surface area contributed by atoms with E-state index in [0.29, 0.717) is 37.5 Å². The standard InChI is InChI=1S/C29H43N3O4S/c1-8-26(29(34)30-19-21(2)3)31(20-25-14-9-12-22(4)18-25)28(33)16-11-17-32(37(7,35)36)27-15-10-13-23(5)24(27)6/h9-10,12-15,18,21,26H,8,11,16-17,19-20H2,1-7H3,(H,30,34)/t26-/m0/s1. The minimum absolute atomic E-state index is 0.136. The summed E-state index contributed by atoms with van der Waals surface area (Å²) in [7, 11) is -3.53. The molecule has 7 nitrogen and oxygen atoms in total. The van der Waals surface area contributed by atoms with Crippen molar-refractivity contribution >= 4 is 27.5 Å². The molecule has 0 unspecified atom stereocenters. The Kier molecular flexibility index (Phi) is 11.2. The van der Waals surface area contributed by atoms with Crippen LogP contribution in [0.15, 0.2) is 42.5 Å². The molecule has 1 atom stereocenters. The number of rotatable bonds is 13. The summed E-state index contributed by atoms with van der Waals surface area (Å²) in [6.07, 6.45) is 2.15. The number of anilines is 1. The first-order valence-corrected chi connectivity index (χ1v) is 14.9. The van der Waals surface area contributed by atoms with E-state index in [4.69, 9.17) is 0 Å². The van der Waals surface area contributed by atoms with Crippen LogP contribution < -0.4 is 9.62 Å². The first-order chi connectivity index (χ1) is 17.3. The van der Waals surface area contributed by atoms with E-state index < -0.39 is 16.1 Å². The van der Waals surface area contributed by atoms with Crippen LogP contribution >= 0.6 is 0 Å². The largest absolute Gasteiger partial charge is 0.354 e. The highest BCUT2D eigenvalue weighted by atomic mass is 32.2. The van der Waals surface area contributed by atoms with Gasteiger partial charge < -0.3 is 10.2 Å². The Labute approximate surface area is 223 Å². The number of carbonyl (C=O) groups is 2. The summed E-state index contributed by atoms with van der Waals surface area (Å²) >= 11 is 0. The van der Waals surface area contributed by atoms with Gasteiger partial charge in [0.1, 0.15) is 6.04 Å². The molecule has 0 saturated heterocycles. The Balaban J connectivity index is 2.24. The van der Waals surface area contributed by atoms with E-state index in [1.807, 2.05) is 77.9 Å². The summed E-state index contributed by atoms with van der Waals surface area (Å²) in [6.45, 7) is 12.9. The maximum Gasteiger partial charge on any atom is 0.242 e. The first kappa shape index (κ1) is 30.4. The number of benzene rings is 2. The van der Waals surface area contributed by atoms with Gasteiger partial charge in [0.25, 0.3) is 0 Å². The molecule has 0 radical (unpaired) electrons. The second-order valence-electron chi connectivity index (χ2n) is 10.2. The van der Waals surface area contributed by atoms with Gasteiger partial charge in [0.15, 0.2) is 0 Å². The molecule has 2 aromatic rings. The van der Waals surface area contributed by atoms with Crippen molar-refractivity contribution in [3.8, 4) is 0 Å². The molecule has 0 aliphatic rings. The van der Waals surface area contributed by atoms with Gasteiger partial charge in [0.2, 0.25) is 21.8 Å². The molecule has 0 aliphatic heterocycles. The lowest BCUT2D eigenvalue weighted by molar-refractivity contribution is -0.141. The van der Waals surface area contributed by atoms with Crippen molar-refractivity contribution in [2.24, 2.45) is 5.92 Å². The Morgan fingerprint density at radius 3 is 2.30 bits per heavy atom. The molecule has 0 fully saturated rings. The third-order valence-electron chi connectivity index (χ3n) is 6.50. The number of hydrogen-bond donors (Lipinski definition) is 1. The molecular formula is C29H43N3O4S. The molecule has 0 spiro atoms. The van der Waals surface area contributed by atoms with Gasteiger partial charge in [-0.3, -0.25) is 13.9 Å². The van der Waals surface area contributed by atoms with Gasteiger partial charge >= 0.3 is 0 Å². The minimum Gasteiger partial charge on any atom is -0.354 e. The van der Waals surface area contributed by atoms with Gasteiger partial charge in [-0.1, -0.05) is 62.7 Å². The lowest BCUT2D eigenvalue weighted by Crippen LogP contribution is -2.49. The zero-order valence-electron chi connectivity index (χ0n) is 23.4. The molecule has 37 heavy (non-hydrogen) atoms. The van der Waals surface area contributed by atoms with Crippen molar-refractivity contribution in [2.45, 2.75) is 73.4 Å². The van der Waals surface area contributed by atoms with E-state index >= 15 is 0 Å². The van der Waals surface area contributed by atoms with Crippen molar-refractivity contribution in [3.63, 3.8) is 0 Å². The number of nitrogens with one attached hydrogen (secondary N) is 1. The fraction of sp³-hybridized carbons (Fsp3) is 0.517. The summed E-state index contributed by atoms with van der Waals surface area (Å²) in [6, 6.07) is 12.9. The quantitative estimate of drug-likeness (QED) is 0.406. The smallest absolute Gasteiger partial charge is 0.242 e. The van der Waals surface area contributed by atoms with Crippen LogP contribution in [0, 0.1) is 26.7 Å². The Hall–Kier alpha value is -2.87. The predicted molar refractivity (Wildman–Crippen MR) is 151 cm³/mol. The molecule has 0 aromatic heterocycles. The fourth-order valence-corrected chi connectivity index (χ4v) is 5.35. The first-order valence-electron chi connectivity index (χ1n) is 13.0. The van der Waals surface area contributed by atoms with Crippen LogP contribution in [0.1, 0.15) is 62.3 Å². The van der Waals surface area contributed by atoms with Gasteiger partial charge in [-0.2, -0.15) is 0 Å². The molecular weight excluding hydrogens is 486 g/mol. The van der Waals surface area contributed by atoms with Gasteiger partial charge in [-0.15, -0.1) is 0 Å². The molecule has 0 bridgehead atoms. The highest BCUT2D eigenvalue weighted by molar-refractivity contribution is 7.92. The summed E-state index contributed by atoms with van der Waals surface area (Å²) < 4.78 is 26.6. The lowest BCUT2D eigenvalue weighted by atomic mass is 10.1. The summed E-state index contributed by atoms with van der Waals surface area (Å²) in [5, 5.41) is 2.97. The minimum atomic E-state index is -3.53. The fourth-order valence-electron chi connectivity index (χ4n) is 4.34. The van der Waals surface area contributed by atoms with Crippen molar-refractivity contribution in [1.82, 2.24) is 10.2 Å². The molecule has 8 heteroatoms. The SMILES string of the molecule is CC[C@@H](C(=O)NCC(C)C)N(Cc1cccc(C)c1)C(=O)CCCN(c1cccc(C)c1C)S(C)(=O)=O. The van der Waals surface area contributed by atoms with E-state index in [0.717, 1.165) is 22.3 Å². The number of hydrogen-bond acceptors (Lipinski definition) is 4. The second-order valence-corrected chi connectivity index (χ2v) is 12.1. The van der Waals surface area contributed by atoms with Gasteiger partial charge in [0, 0.05) is 26.1 Å². The second kappa shape index (κ2) is 13.6.